The lowest BCUT2D eigenvalue weighted by molar-refractivity contribution is 0.246. The summed E-state index contributed by atoms with van der Waals surface area (Å²) < 4.78 is -0.370. The van der Waals surface area contributed by atoms with Crippen LogP contribution >= 0.6 is 23.2 Å². The van der Waals surface area contributed by atoms with Gasteiger partial charge in [0.2, 0.25) is 0 Å². The van der Waals surface area contributed by atoms with Crippen molar-refractivity contribution in [2.24, 2.45) is 11.8 Å². The highest BCUT2D eigenvalue weighted by Crippen LogP contribution is 2.62. The zero-order chi connectivity index (χ0) is 10.9. The highest BCUT2D eigenvalue weighted by Gasteiger charge is 2.67. The number of fused-ring (bicyclic) bond motifs is 1. The minimum atomic E-state index is -0.370. The van der Waals surface area contributed by atoms with Crippen molar-refractivity contribution in [1.82, 2.24) is 4.90 Å². The molecule has 14 heavy (non-hydrogen) atoms. The Morgan fingerprint density at radius 3 is 1.86 bits per heavy atom. The molecule has 0 bridgehead atoms. The van der Waals surface area contributed by atoms with Crippen molar-refractivity contribution in [3.63, 3.8) is 0 Å². The normalized spacial score (nSPS) is 33.6. The Hall–Kier alpha value is 0.540. The Kier molecular flexibility index (Phi) is 4.13. The number of piperidine rings is 1. The number of hydrogen-bond donors (Lipinski definition) is 0. The molecule has 0 spiro atoms. The van der Waals surface area contributed by atoms with Crippen molar-refractivity contribution in [1.29, 1.82) is 0 Å². The molecule has 0 amide bonds. The van der Waals surface area contributed by atoms with Crippen LogP contribution in [0.15, 0.2) is 0 Å². The first-order valence-electron chi connectivity index (χ1n) is 5.56. The molecule has 0 aromatic carbocycles. The van der Waals surface area contributed by atoms with Crippen molar-refractivity contribution < 1.29 is 0 Å². The molecule has 2 fully saturated rings. The fraction of sp³-hybridized carbons (Fsp3) is 1.00. The molecule has 1 heterocycles. The zero-order valence-electron chi connectivity index (χ0n) is 9.56. The Morgan fingerprint density at radius 2 is 1.57 bits per heavy atom. The molecule has 0 radical (unpaired) electrons. The van der Waals surface area contributed by atoms with Gasteiger partial charge in [0.05, 0.1) is 0 Å². The highest BCUT2D eigenvalue weighted by molar-refractivity contribution is 6.51. The third-order valence-electron chi connectivity index (χ3n) is 2.96. The Balaban J connectivity index is 0.000000293. The van der Waals surface area contributed by atoms with Crippen LogP contribution in [-0.4, -0.2) is 28.4 Å². The van der Waals surface area contributed by atoms with Crippen LogP contribution in [0.4, 0.5) is 0 Å². The second kappa shape index (κ2) is 4.59. The van der Waals surface area contributed by atoms with Gasteiger partial charge in [0, 0.05) is 31.0 Å². The molecule has 0 aromatic heterocycles. The van der Waals surface area contributed by atoms with Crippen molar-refractivity contribution in [3.05, 3.63) is 0 Å². The maximum atomic E-state index is 6.02. The Bertz CT molecular complexity index is 178. The molecule has 2 unspecified atom stereocenters. The smallest absolute Gasteiger partial charge is 0.127 e. The lowest BCUT2D eigenvalue weighted by Crippen LogP contribution is -2.32. The predicted molar refractivity (Wildman–Crippen MR) is 64.1 cm³/mol. The average molecular weight is 238 g/mol. The van der Waals surface area contributed by atoms with E-state index in [1.54, 1.807) is 0 Å². The van der Waals surface area contributed by atoms with Crippen LogP contribution in [0.5, 0.6) is 0 Å². The van der Waals surface area contributed by atoms with Gasteiger partial charge in [0.25, 0.3) is 0 Å². The van der Waals surface area contributed by atoms with E-state index in [1.165, 1.54) is 6.42 Å². The molecule has 0 aromatic rings. The molecule has 1 saturated carbocycles. The lowest BCUT2D eigenvalue weighted by Gasteiger charge is -2.23. The van der Waals surface area contributed by atoms with E-state index in [1.807, 2.05) is 0 Å². The van der Waals surface area contributed by atoms with Gasteiger partial charge in [-0.05, 0) is 13.8 Å². The third-order valence-corrected chi connectivity index (χ3v) is 4.08. The molecule has 2 atom stereocenters. The number of rotatable bonds is 1. The monoisotopic (exact) mass is 237 g/mol. The van der Waals surface area contributed by atoms with Gasteiger partial charge in [-0.1, -0.05) is 20.3 Å². The van der Waals surface area contributed by atoms with Gasteiger partial charge in [-0.25, -0.2) is 0 Å². The summed E-state index contributed by atoms with van der Waals surface area (Å²) in [5.41, 5.74) is 0. The predicted octanol–water partition coefficient (Wildman–Crippen LogP) is 3.55. The summed E-state index contributed by atoms with van der Waals surface area (Å²) in [7, 11) is 0. The highest BCUT2D eigenvalue weighted by atomic mass is 35.5. The average Bonchev–Trinajstić information content (AvgIpc) is 2.52. The molecule has 1 nitrogen and oxygen atoms in total. The minimum Gasteiger partial charge on any atom is -0.300 e. The summed E-state index contributed by atoms with van der Waals surface area (Å²) in [6.07, 6.45) is 1.25. The van der Waals surface area contributed by atoms with Crippen LogP contribution in [0, 0.1) is 11.8 Å². The summed E-state index contributed by atoms with van der Waals surface area (Å²) in [6, 6.07) is 0.645. The first-order chi connectivity index (χ1) is 6.45. The van der Waals surface area contributed by atoms with Gasteiger partial charge in [-0.3, -0.25) is 0 Å². The molecule has 1 saturated heterocycles. The largest absolute Gasteiger partial charge is 0.300 e. The van der Waals surface area contributed by atoms with Gasteiger partial charge in [0.1, 0.15) is 4.33 Å². The van der Waals surface area contributed by atoms with Crippen LogP contribution < -0.4 is 0 Å². The van der Waals surface area contributed by atoms with E-state index in [-0.39, 0.29) is 4.33 Å². The van der Waals surface area contributed by atoms with Crippen molar-refractivity contribution >= 4 is 23.2 Å². The topological polar surface area (TPSA) is 3.24 Å². The van der Waals surface area contributed by atoms with E-state index < -0.39 is 0 Å². The van der Waals surface area contributed by atoms with E-state index >= 15 is 0 Å². The van der Waals surface area contributed by atoms with E-state index in [0.29, 0.717) is 17.9 Å². The van der Waals surface area contributed by atoms with Crippen LogP contribution in [0.3, 0.4) is 0 Å². The fourth-order valence-electron chi connectivity index (χ4n) is 1.96. The molecule has 2 rings (SSSR count). The molecule has 84 valence electrons. The molecule has 3 heteroatoms. The standard InChI is InChI=1S/C8H13Cl2N.C3H8/c1-5(2)11-3-6-7(4-11)8(6,9)10;1-3-2/h5-7H,3-4H2,1-2H3;3H2,1-2H3. The molecule has 0 N–H and O–H groups in total. The molecular weight excluding hydrogens is 217 g/mol. The second-order valence-electron chi connectivity index (χ2n) is 4.64. The number of halogens is 2. The van der Waals surface area contributed by atoms with E-state index in [4.69, 9.17) is 23.2 Å². The van der Waals surface area contributed by atoms with Gasteiger partial charge in [-0.2, -0.15) is 0 Å². The first-order valence-corrected chi connectivity index (χ1v) is 6.32. The Morgan fingerprint density at radius 1 is 1.21 bits per heavy atom. The van der Waals surface area contributed by atoms with Gasteiger partial charge in [-0.15, -0.1) is 23.2 Å². The number of likely N-dealkylation sites (tertiary alicyclic amines) is 1. The second-order valence-corrected chi connectivity index (χ2v) is 6.09. The van der Waals surface area contributed by atoms with Crippen molar-refractivity contribution in [3.8, 4) is 0 Å². The maximum absolute atomic E-state index is 6.02. The summed E-state index contributed by atoms with van der Waals surface area (Å²) in [6.45, 7) is 10.9. The molecule has 1 aliphatic heterocycles. The van der Waals surface area contributed by atoms with E-state index in [0.717, 1.165) is 13.1 Å². The Labute approximate surface area is 97.7 Å². The zero-order valence-corrected chi connectivity index (χ0v) is 11.1. The van der Waals surface area contributed by atoms with E-state index in [2.05, 4.69) is 32.6 Å². The van der Waals surface area contributed by atoms with Crippen LogP contribution in [0.25, 0.3) is 0 Å². The summed E-state index contributed by atoms with van der Waals surface area (Å²) in [5.74, 6) is 1.10. The van der Waals surface area contributed by atoms with Gasteiger partial charge >= 0.3 is 0 Å². The first kappa shape index (κ1) is 12.6. The SMILES string of the molecule is CC(C)N1CC2C(C1)C2(Cl)Cl.CCC. The summed E-state index contributed by atoms with van der Waals surface area (Å²) in [5, 5.41) is 0. The number of alkyl halides is 2. The fourth-order valence-corrected chi connectivity index (χ4v) is 2.72. The quantitative estimate of drug-likeness (QED) is 0.631. The van der Waals surface area contributed by atoms with E-state index in [9.17, 15) is 0 Å². The van der Waals surface area contributed by atoms with Crippen LogP contribution in [0.2, 0.25) is 0 Å². The van der Waals surface area contributed by atoms with Crippen molar-refractivity contribution in [2.75, 3.05) is 13.1 Å². The maximum Gasteiger partial charge on any atom is 0.127 e. The van der Waals surface area contributed by atoms with Crippen molar-refractivity contribution in [2.45, 2.75) is 44.5 Å². The molecule has 1 aliphatic carbocycles. The lowest BCUT2D eigenvalue weighted by atomic mass is 10.3. The van der Waals surface area contributed by atoms with Gasteiger partial charge < -0.3 is 4.90 Å². The molecular formula is C11H21Cl2N. The summed E-state index contributed by atoms with van der Waals surface area (Å²) in [4.78, 5) is 2.44. The number of hydrogen-bond acceptors (Lipinski definition) is 1. The third kappa shape index (κ3) is 2.37. The number of nitrogens with zero attached hydrogens (tertiary/aromatic N) is 1. The minimum absolute atomic E-state index is 0.370. The van der Waals surface area contributed by atoms with Gasteiger partial charge in [0.15, 0.2) is 0 Å². The summed E-state index contributed by atoms with van der Waals surface area (Å²) >= 11 is 12.0. The van der Waals surface area contributed by atoms with Crippen LogP contribution in [0.1, 0.15) is 34.1 Å². The van der Waals surface area contributed by atoms with Crippen LogP contribution in [-0.2, 0) is 0 Å². The molecule has 2 aliphatic rings.